The molecule has 3 aromatic carbocycles. The Labute approximate surface area is 174 Å². The summed E-state index contributed by atoms with van der Waals surface area (Å²) in [5.74, 6) is 3.13. The number of ether oxygens (including phenoxy) is 3. The topological polar surface area (TPSA) is 39.7 Å². The van der Waals surface area contributed by atoms with Crippen molar-refractivity contribution in [3.63, 3.8) is 0 Å². The Morgan fingerprint density at radius 3 is 2.18 bits per heavy atom. The van der Waals surface area contributed by atoms with Crippen LogP contribution in [0, 0.1) is 0 Å². The molecule has 0 aliphatic heterocycles. The summed E-state index contributed by atoms with van der Waals surface area (Å²) in [7, 11) is 0. The Morgan fingerprint density at radius 2 is 1.50 bits per heavy atom. The number of rotatable bonds is 9. The van der Waals surface area contributed by atoms with Crippen molar-refractivity contribution < 1.29 is 14.2 Å². The smallest absolute Gasteiger partial charge is 0.175 e. The second kappa shape index (κ2) is 10.0. The normalized spacial score (nSPS) is 10.4. The SMILES string of the molecule is CCOc1cc(CNc2ccc(Oc3ccccc3)cc2)cc(Br)c1OCC. The fourth-order valence-corrected chi connectivity index (χ4v) is 3.34. The van der Waals surface area contributed by atoms with Gasteiger partial charge in [0, 0.05) is 12.2 Å². The molecular weight excluding hydrogens is 418 g/mol. The zero-order valence-corrected chi connectivity index (χ0v) is 17.7. The zero-order chi connectivity index (χ0) is 19.8. The number of benzene rings is 3. The number of nitrogens with one attached hydrogen (secondary N) is 1. The molecule has 3 aromatic rings. The number of hydrogen-bond acceptors (Lipinski definition) is 4. The highest BCUT2D eigenvalue weighted by atomic mass is 79.9. The molecule has 0 heterocycles. The molecule has 146 valence electrons. The van der Waals surface area contributed by atoms with Crippen molar-refractivity contribution in [3.8, 4) is 23.0 Å². The van der Waals surface area contributed by atoms with Crippen LogP contribution in [0.15, 0.2) is 71.2 Å². The van der Waals surface area contributed by atoms with Crippen LogP contribution in [0.5, 0.6) is 23.0 Å². The fourth-order valence-electron chi connectivity index (χ4n) is 2.74. The molecule has 3 rings (SSSR count). The van der Waals surface area contributed by atoms with E-state index in [4.69, 9.17) is 14.2 Å². The van der Waals surface area contributed by atoms with Crippen LogP contribution in [0.25, 0.3) is 0 Å². The van der Waals surface area contributed by atoms with Gasteiger partial charge in [0.2, 0.25) is 0 Å². The van der Waals surface area contributed by atoms with Gasteiger partial charge in [-0.05, 0) is 83.9 Å². The molecule has 0 amide bonds. The van der Waals surface area contributed by atoms with Crippen molar-refractivity contribution in [3.05, 3.63) is 76.8 Å². The molecule has 0 unspecified atom stereocenters. The van der Waals surface area contributed by atoms with Crippen molar-refractivity contribution in [1.82, 2.24) is 0 Å². The van der Waals surface area contributed by atoms with Gasteiger partial charge in [-0.3, -0.25) is 0 Å². The highest BCUT2D eigenvalue weighted by molar-refractivity contribution is 9.10. The number of hydrogen-bond donors (Lipinski definition) is 1. The van der Waals surface area contributed by atoms with Gasteiger partial charge in [-0.15, -0.1) is 0 Å². The Hall–Kier alpha value is -2.66. The number of halogens is 1. The van der Waals surface area contributed by atoms with Crippen LogP contribution < -0.4 is 19.5 Å². The minimum Gasteiger partial charge on any atom is -0.490 e. The summed E-state index contributed by atoms with van der Waals surface area (Å²) in [4.78, 5) is 0. The molecule has 1 N–H and O–H groups in total. The van der Waals surface area contributed by atoms with E-state index in [1.165, 1.54) is 0 Å². The van der Waals surface area contributed by atoms with Gasteiger partial charge in [0.15, 0.2) is 11.5 Å². The summed E-state index contributed by atoms with van der Waals surface area (Å²) in [6.45, 7) is 5.78. The summed E-state index contributed by atoms with van der Waals surface area (Å²) >= 11 is 3.59. The average Bonchev–Trinajstić information content (AvgIpc) is 2.71. The second-order valence-electron chi connectivity index (χ2n) is 6.06. The van der Waals surface area contributed by atoms with E-state index in [1.807, 2.05) is 80.6 Å². The number of anilines is 1. The van der Waals surface area contributed by atoms with Gasteiger partial charge in [0.05, 0.1) is 17.7 Å². The highest BCUT2D eigenvalue weighted by Gasteiger charge is 2.12. The lowest BCUT2D eigenvalue weighted by atomic mass is 10.2. The van der Waals surface area contributed by atoms with E-state index >= 15 is 0 Å². The quantitative estimate of drug-likeness (QED) is 0.403. The van der Waals surface area contributed by atoms with Crippen molar-refractivity contribution >= 4 is 21.6 Å². The molecule has 0 spiro atoms. The molecule has 0 atom stereocenters. The summed E-state index contributed by atoms with van der Waals surface area (Å²) in [6.07, 6.45) is 0. The van der Waals surface area contributed by atoms with Gasteiger partial charge in [-0.2, -0.15) is 0 Å². The third kappa shape index (κ3) is 5.42. The maximum atomic E-state index is 5.83. The lowest BCUT2D eigenvalue weighted by Gasteiger charge is -2.15. The van der Waals surface area contributed by atoms with E-state index in [2.05, 4.69) is 21.2 Å². The lowest BCUT2D eigenvalue weighted by molar-refractivity contribution is 0.286. The van der Waals surface area contributed by atoms with Crippen LogP contribution in [0.2, 0.25) is 0 Å². The van der Waals surface area contributed by atoms with Crippen molar-refractivity contribution in [2.45, 2.75) is 20.4 Å². The average molecular weight is 442 g/mol. The third-order valence-electron chi connectivity index (χ3n) is 3.99. The molecule has 0 bridgehead atoms. The van der Waals surface area contributed by atoms with E-state index in [0.717, 1.165) is 38.7 Å². The van der Waals surface area contributed by atoms with E-state index in [1.54, 1.807) is 0 Å². The first-order valence-electron chi connectivity index (χ1n) is 9.34. The molecule has 0 aliphatic carbocycles. The molecule has 28 heavy (non-hydrogen) atoms. The molecule has 4 nitrogen and oxygen atoms in total. The van der Waals surface area contributed by atoms with Gasteiger partial charge >= 0.3 is 0 Å². The number of para-hydroxylation sites is 1. The zero-order valence-electron chi connectivity index (χ0n) is 16.1. The minimum absolute atomic E-state index is 0.590. The highest BCUT2D eigenvalue weighted by Crippen LogP contribution is 2.37. The van der Waals surface area contributed by atoms with E-state index in [9.17, 15) is 0 Å². The molecule has 0 fully saturated rings. The monoisotopic (exact) mass is 441 g/mol. The lowest BCUT2D eigenvalue weighted by Crippen LogP contribution is -2.03. The van der Waals surface area contributed by atoms with Crippen LogP contribution >= 0.6 is 15.9 Å². The maximum absolute atomic E-state index is 5.83. The van der Waals surface area contributed by atoms with E-state index in [0.29, 0.717) is 19.8 Å². The Bertz CT molecular complexity index is 882. The van der Waals surface area contributed by atoms with Gasteiger partial charge < -0.3 is 19.5 Å². The summed E-state index contributed by atoms with van der Waals surface area (Å²) in [6, 6.07) is 21.7. The van der Waals surface area contributed by atoms with Crippen LogP contribution in [-0.4, -0.2) is 13.2 Å². The first-order valence-corrected chi connectivity index (χ1v) is 10.1. The molecule has 0 saturated heterocycles. The van der Waals surface area contributed by atoms with Crippen LogP contribution in [-0.2, 0) is 6.54 Å². The Kier molecular flexibility index (Phi) is 7.20. The van der Waals surface area contributed by atoms with E-state index < -0.39 is 0 Å². The molecular formula is C23H24BrNO3. The van der Waals surface area contributed by atoms with Crippen molar-refractivity contribution in [2.75, 3.05) is 18.5 Å². The van der Waals surface area contributed by atoms with E-state index in [-0.39, 0.29) is 0 Å². The van der Waals surface area contributed by atoms with Gasteiger partial charge in [0.25, 0.3) is 0 Å². The van der Waals surface area contributed by atoms with Crippen molar-refractivity contribution in [1.29, 1.82) is 0 Å². The molecule has 0 aliphatic rings. The van der Waals surface area contributed by atoms with Crippen LogP contribution in [0.1, 0.15) is 19.4 Å². The van der Waals surface area contributed by atoms with Crippen molar-refractivity contribution in [2.24, 2.45) is 0 Å². The predicted octanol–water partition coefficient (Wildman–Crippen LogP) is 6.65. The Balaban J connectivity index is 1.65. The summed E-state index contributed by atoms with van der Waals surface area (Å²) < 4.78 is 18.1. The standard InChI is InChI=1S/C23H24BrNO3/c1-3-26-22-15-17(14-21(24)23(22)27-4-2)16-25-18-10-12-20(13-11-18)28-19-8-6-5-7-9-19/h5-15,25H,3-4,16H2,1-2H3. The maximum Gasteiger partial charge on any atom is 0.175 e. The van der Waals surface area contributed by atoms with Crippen LogP contribution in [0.3, 0.4) is 0 Å². The molecule has 0 saturated carbocycles. The largest absolute Gasteiger partial charge is 0.490 e. The molecule has 0 aromatic heterocycles. The van der Waals surface area contributed by atoms with Gasteiger partial charge in [-0.1, -0.05) is 18.2 Å². The predicted molar refractivity (Wildman–Crippen MR) is 117 cm³/mol. The van der Waals surface area contributed by atoms with Gasteiger partial charge in [0.1, 0.15) is 11.5 Å². The van der Waals surface area contributed by atoms with Gasteiger partial charge in [-0.25, -0.2) is 0 Å². The molecule has 0 radical (unpaired) electrons. The second-order valence-corrected chi connectivity index (χ2v) is 6.92. The third-order valence-corrected chi connectivity index (χ3v) is 4.58. The summed E-state index contributed by atoms with van der Waals surface area (Å²) in [5, 5.41) is 3.43. The Morgan fingerprint density at radius 1 is 0.821 bits per heavy atom. The first-order chi connectivity index (χ1) is 13.7. The molecule has 5 heteroatoms. The first kappa shape index (κ1) is 20.1. The fraction of sp³-hybridized carbons (Fsp3) is 0.217. The summed E-state index contributed by atoms with van der Waals surface area (Å²) in [5.41, 5.74) is 2.12. The van der Waals surface area contributed by atoms with Crippen LogP contribution in [0.4, 0.5) is 5.69 Å². The minimum atomic E-state index is 0.590.